The molecule has 2 amide bonds. The summed E-state index contributed by atoms with van der Waals surface area (Å²) in [5.41, 5.74) is 2.80. The van der Waals surface area contributed by atoms with E-state index in [4.69, 9.17) is 9.72 Å². The molecule has 3 aliphatic heterocycles. The highest BCUT2D eigenvalue weighted by molar-refractivity contribution is 5.97. The van der Waals surface area contributed by atoms with Crippen molar-refractivity contribution in [2.75, 3.05) is 50.7 Å². The Morgan fingerprint density at radius 2 is 1.77 bits per heavy atom. The number of aliphatic hydroxyl groups excluding tert-OH is 1. The number of benzene rings is 1. The molecule has 2 saturated heterocycles. The van der Waals surface area contributed by atoms with Gasteiger partial charge < -0.3 is 24.5 Å². The van der Waals surface area contributed by atoms with E-state index < -0.39 is 5.60 Å². The van der Waals surface area contributed by atoms with E-state index in [9.17, 15) is 19.1 Å². The molecule has 0 aliphatic carbocycles. The fraction of sp³-hybridized carbons (Fsp3) is 0.618. The summed E-state index contributed by atoms with van der Waals surface area (Å²) >= 11 is 0. The number of pyridine rings is 1. The van der Waals surface area contributed by atoms with Gasteiger partial charge in [-0.3, -0.25) is 14.7 Å². The quantitative estimate of drug-likeness (QED) is 0.525. The number of fused-ring (bicyclic) bond motifs is 1. The molecule has 240 valence electrons. The van der Waals surface area contributed by atoms with Crippen LogP contribution in [0.1, 0.15) is 71.2 Å². The first-order valence-electron chi connectivity index (χ1n) is 15.9. The van der Waals surface area contributed by atoms with Crippen LogP contribution < -0.4 is 4.90 Å². The minimum absolute atomic E-state index is 0.00883. The van der Waals surface area contributed by atoms with Gasteiger partial charge in [-0.1, -0.05) is 26.0 Å². The van der Waals surface area contributed by atoms with Gasteiger partial charge in [-0.2, -0.15) is 0 Å². The topological polar surface area (TPSA) is 89.5 Å². The highest BCUT2D eigenvalue weighted by Gasteiger charge is 2.42. The van der Waals surface area contributed by atoms with Gasteiger partial charge in [0.25, 0.3) is 0 Å². The van der Waals surface area contributed by atoms with Crippen LogP contribution in [-0.2, 0) is 21.4 Å². The number of hydrogen-bond acceptors (Lipinski definition) is 7. The van der Waals surface area contributed by atoms with Crippen molar-refractivity contribution in [3.05, 3.63) is 59.2 Å². The molecule has 0 saturated carbocycles. The predicted octanol–water partition coefficient (Wildman–Crippen LogP) is 4.20. The maximum absolute atomic E-state index is 14.1. The number of aliphatic hydroxyl groups is 1. The third-order valence-corrected chi connectivity index (χ3v) is 8.98. The normalized spacial score (nSPS) is 23.1. The third-order valence-electron chi connectivity index (χ3n) is 8.98. The summed E-state index contributed by atoms with van der Waals surface area (Å²) in [6.07, 6.45) is 3.31. The highest BCUT2D eigenvalue weighted by atomic mass is 19.1. The van der Waals surface area contributed by atoms with Gasteiger partial charge in [-0.15, -0.1) is 0 Å². The first kappa shape index (κ1) is 32.3. The van der Waals surface area contributed by atoms with Crippen molar-refractivity contribution >= 4 is 17.7 Å². The first-order chi connectivity index (χ1) is 20.7. The Hall–Kier alpha value is -3.08. The van der Waals surface area contributed by atoms with E-state index in [1.54, 1.807) is 17.0 Å². The number of piperazine rings is 1. The van der Waals surface area contributed by atoms with Crippen molar-refractivity contribution in [3.8, 4) is 0 Å². The van der Waals surface area contributed by atoms with Crippen LogP contribution >= 0.6 is 0 Å². The van der Waals surface area contributed by atoms with Gasteiger partial charge in [0.05, 0.1) is 24.0 Å². The van der Waals surface area contributed by atoms with Gasteiger partial charge in [0.15, 0.2) is 0 Å². The lowest BCUT2D eigenvalue weighted by Gasteiger charge is -2.47. The van der Waals surface area contributed by atoms with E-state index in [1.165, 1.54) is 12.1 Å². The van der Waals surface area contributed by atoms with Crippen LogP contribution in [0.5, 0.6) is 0 Å². The number of ether oxygens (including phenoxy) is 1. The van der Waals surface area contributed by atoms with Crippen molar-refractivity contribution < 1.29 is 23.8 Å². The number of halogens is 1. The van der Waals surface area contributed by atoms with E-state index in [0.717, 1.165) is 48.4 Å². The Kier molecular flexibility index (Phi) is 9.35. The highest BCUT2D eigenvalue weighted by Crippen LogP contribution is 2.40. The van der Waals surface area contributed by atoms with Crippen molar-refractivity contribution in [2.24, 2.45) is 0 Å². The van der Waals surface area contributed by atoms with Crippen molar-refractivity contribution in [1.82, 2.24) is 19.7 Å². The number of aromatic nitrogens is 1. The number of rotatable bonds is 6. The number of piperidine rings is 1. The van der Waals surface area contributed by atoms with Crippen LogP contribution in [0.2, 0.25) is 0 Å². The molecule has 1 N–H and O–H groups in total. The predicted molar refractivity (Wildman–Crippen MR) is 168 cm³/mol. The van der Waals surface area contributed by atoms with Crippen LogP contribution in [0.3, 0.4) is 0 Å². The molecule has 2 fully saturated rings. The fourth-order valence-corrected chi connectivity index (χ4v) is 6.64. The van der Waals surface area contributed by atoms with Crippen LogP contribution in [0.15, 0.2) is 36.5 Å². The average molecular weight is 610 g/mol. The lowest BCUT2D eigenvalue weighted by Crippen LogP contribution is -2.63. The van der Waals surface area contributed by atoms with Crippen LogP contribution in [-0.4, -0.2) is 106 Å². The molecule has 5 rings (SSSR count). The monoisotopic (exact) mass is 609 g/mol. The van der Waals surface area contributed by atoms with Gasteiger partial charge in [-0.25, -0.2) is 9.18 Å². The van der Waals surface area contributed by atoms with Gasteiger partial charge >= 0.3 is 6.09 Å². The third kappa shape index (κ3) is 7.58. The summed E-state index contributed by atoms with van der Waals surface area (Å²) < 4.78 is 19.2. The SMILES string of the molecule is C[C@@H]1CN(CC(=O)N2CC(C)(C)c3ncc(Cc4ccc(F)cc4)cc32)[C@@H](CN2CCC(O)CC2)CN1C(=O)OC(C)(C)C. The molecule has 1 aromatic heterocycles. The molecule has 9 nitrogen and oxygen atoms in total. The molecule has 1 aromatic carbocycles. The molecule has 4 heterocycles. The molecule has 2 atom stereocenters. The molecule has 0 spiro atoms. The van der Waals surface area contributed by atoms with Crippen molar-refractivity contribution in [3.63, 3.8) is 0 Å². The zero-order valence-electron chi connectivity index (χ0n) is 27.1. The lowest BCUT2D eigenvalue weighted by atomic mass is 9.91. The molecule has 44 heavy (non-hydrogen) atoms. The summed E-state index contributed by atoms with van der Waals surface area (Å²) in [5, 5.41) is 10.0. The smallest absolute Gasteiger partial charge is 0.410 e. The fourth-order valence-electron chi connectivity index (χ4n) is 6.64. The number of carbonyl (C=O) groups is 2. The van der Waals surface area contributed by atoms with Crippen molar-refractivity contribution in [1.29, 1.82) is 0 Å². The molecule has 10 heteroatoms. The molecule has 0 bridgehead atoms. The number of amides is 2. The number of nitrogens with zero attached hydrogens (tertiary/aromatic N) is 5. The van der Waals surface area contributed by atoms with Gasteiger partial charge in [0.2, 0.25) is 5.91 Å². The maximum atomic E-state index is 14.1. The molecular weight excluding hydrogens is 561 g/mol. The van der Waals surface area contributed by atoms with E-state index in [2.05, 4.69) is 29.7 Å². The van der Waals surface area contributed by atoms with E-state index in [0.29, 0.717) is 32.6 Å². The number of anilines is 1. The largest absolute Gasteiger partial charge is 0.444 e. The van der Waals surface area contributed by atoms with E-state index in [1.807, 2.05) is 38.8 Å². The molecule has 3 aliphatic rings. The zero-order chi connectivity index (χ0) is 31.8. The Labute approximate surface area is 261 Å². The van der Waals surface area contributed by atoms with Crippen LogP contribution in [0.25, 0.3) is 0 Å². The Balaban J connectivity index is 1.35. The summed E-state index contributed by atoms with van der Waals surface area (Å²) in [6, 6.07) is 8.34. The summed E-state index contributed by atoms with van der Waals surface area (Å²) in [7, 11) is 0. The van der Waals surface area contributed by atoms with Crippen molar-refractivity contribution in [2.45, 2.75) is 90.0 Å². The van der Waals surface area contributed by atoms with E-state index in [-0.39, 0.29) is 48.0 Å². The molecule has 0 radical (unpaired) electrons. The Morgan fingerprint density at radius 1 is 1.09 bits per heavy atom. The number of carbonyl (C=O) groups excluding carboxylic acids is 2. The second-order valence-electron chi connectivity index (χ2n) is 14.5. The zero-order valence-corrected chi connectivity index (χ0v) is 27.1. The van der Waals surface area contributed by atoms with Crippen LogP contribution in [0.4, 0.5) is 14.9 Å². The van der Waals surface area contributed by atoms with Crippen LogP contribution in [0, 0.1) is 5.82 Å². The molecular formula is C34H48FN5O4. The Morgan fingerprint density at radius 3 is 2.43 bits per heavy atom. The first-order valence-corrected chi connectivity index (χ1v) is 15.9. The van der Waals surface area contributed by atoms with E-state index >= 15 is 0 Å². The minimum Gasteiger partial charge on any atom is -0.444 e. The molecule has 2 aromatic rings. The standard InChI is InChI=1S/C34H48FN5O4/c1-23-18-38(27(19-37-13-11-28(41)12-14-37)20-39(23)32(43)44-33(2,3)4)21-30(42)40-22-34(5,6)31-29(40)16-25(17-36-31)15-24-7-9-26(35)10-8-24/h7-10,16-17,23,27-28,41H,11-15,18-22H2,1-6H3/t23-,27+/m1/s1. The van der Waals surface area contributed by atoms with Gasteiger partial charge in [0.1, 0.15) is 11.4 Å². The van der Waals surface area contributed by atoms with Gasteiger partial charge in [-0.05, 0) is 76.3 Å². The second-order valence-corrected chi connectivity index (χ2v) is 14.5. The second kappa shape index (κ2) is 12.7. The lowest BCUT2D eigenvalue weighted by molar-refractivity contribution is -0.121. The number of likely N-dealkylation sites (tertiary alicyclic amines) is 1. The summed E-state index contributed by atoms with van der Waals surface area (Å²) in [4.78, 5) is 40.3. The summed E-state index contributed by atoms with van der Waals surface area (Å²) in [6.45, 7) is 15.9. The Bertz CT molecular complexity index is 1340. The average Bonchev–Trinajstić information content (AvgIpc) is 3.21. The maximum Gasteiger partial charge on any atom is 0.410 e. The minimum atomic E-state index is -0.595. The summed E-state index contributed by atoms with van der Waals surface area (Å²) in [5.74, 6) is -0.258. The number of hydrogen-bond donors (Lipinski definition) is 1. The van der Waals surface area contributed by atoms with Gasteiger partial charge in [0, 0.05) is 63.0 Å². The molecule has 0 unspecified atom stereocenters.